The maximum atomic E-state index is 11.7. The molecule has 5 nitrogen and oxygen atoms in total. The number of benzene rings is 1. The lowest BCUT2D eigenvalue weighted by Crippen LogP contribution is -2.55. The van der Waals surface area contributed by atoms with Gasteiger partial charge < -0.3 is 20.6 Å². The third-order valence-corrected chi connectivity index (χ3v) is 7.53. The van der Waals surface area contributed by atoms with E-state index >= 15 is 0 Å². The quantitative estimate of drug-likeness (QED) is 0.426. The summed E-state index contributed by atoms with van der Waals surface area (Å²) in [4.78, 5) is 17.9. The molecule has 0 bridgehead atoms. The molecule has 3 unspecified atom stereocenters. The van der Waals surface area contributed by atoms with Crippen molar-refractivity contribution < 1.29 is 19.5 Å². The van der Waals surface area contributed by atoms with Crippen LogP contribution >= 0.6 is 20.2 Å². The molecule has 1 aromatic carbocycles. The van der Waals surface area contributed by atoms with Crippen molar-refractivity contribution in [3.63, 3.8) is 0 Å². The first-order valence-corrected chi connectivity index (χ1v) is 9.68. The zero-order valence-electron chi connectivity index (χ0n) is 12.8. The molecule has 124 valence electrons. The summed E-state index contributed by atoms with van der Waals surface area (Å²) in [5.74, 6) is -0.228. The minimum Gasteiger partial charge on any atom is -0.508 e. The van der Waals surface area contributed by atoms with Crippen LogP contribution in [-0.2, 0) is 16.4 Å². The summed E-state index contributed by atoms with van der Waals surface area (Å²) >= 11 is 4.19. The lowest BCUT2D eigenvalue weighted by atomic mass is 9.60. The molecule has 0 aromatic heterocycles. The highest BCUT2D eigenvalue weighted by Crippen LogP contribution is 2.54. The number of hydrogen-bond acceptors (Lipinski definition) is 4. The molecule has 3 atom stereocenters. The Morgan fingerprint density at radius 3 is 2.50 bits per heavy atom. The van der Waals surface area contributed by atoms with Gasteiger partial charge in [0.05, 0.1) is 0 Å². The molecule has 1 aromatic rings. The summed E-state index contributed by atoms with van der Waals surface area (Å²) < 4.78 is 11.7. The van der Waals surface area contributed by atoms with Crippen molar-refractivity contribution in [2.75, 3.05) is 0 Å². The number of fused-ring (bicyclic) bond motifs is 1. The van der Waals surface area contributed by atoms with Crippen molar-refractivity contribution in [2.45, 2.75) is 49.6 Å². The number of phenols is 1. The molecular formula is C15H24NO4PS. The zero-order chi connectivity index (χ0) is 16.7. The Kier molecular flexibility index (Phi) is 5.00. The molecule has 0 heterocycles. The monoisotopic (exact) mass is 345 g/mol. The second-order valence-corrected chi connectivity index (χ2v) is 8.80. The van der Waals surface area contributed by atoms with Crippen LogP contribution < -0.4 is 5.73 Å². The Balaban J connectivity index is 2.59. The Hall–Kier alpha value is -0.520. The third-order valence-electron chi connectivity index (χ3n) is 5.17. The van der Waals surface area contributed by atoms with Gasteiger partial charge in [-0.2, -0.15) is 12.6 Å². The van der Waals surface area contributed by atoms with Gasteiger partial charge in [-0.3, -0.25) is 4.57 Å². The van der Waals surface area contributed by atoms with Gasteiger partial charge in [-0.05, 0) is 42.5 Å². The second-order valence-electron chi connectivity index (χ2n) is 6.10. The minimum atomic E-state index is -4.33. The predicted molar refractivity (Wildman–Crippen MR) is 90.4 cm³/mol. The van der Waals surface area contributed by atoms with E-state index in [9.17, 15) is 19.5 Å². The fraction of sp³-hybridized carbons (Fsp3) is 0.600. The van der Waals surface area contributed by atoms with Crippen molar-refractivity contribution in [1.29, 1.82) is 0 Å². The Labute approximate surface area is 136 Å². The fourth-order valence-electron chi connectivity index (χ4n) is 3.82. The maximum Gasteiger partial charge on any atom is 0.338 e. The Morgan fingerprint density at radius 1 is 1.41 bits per heavy atom. The van der Waals surface area contributed by atoms with Gasteiger partial charge in [0.1, 0.15) is 10.7 Å². The van der Waals surface area contributed by atoms with Gasteiger partial charge in [0.25, 0.3) is 0 Å². The highest BCUT2D eigenvalue weighted by atomic mass is 32.1. The average Bonchev–Trinajstić information content (AvgIpc) is 2.46. The molecule has 5 N–H and O–H groups in total. The third kappa shape index (κ3) is 2.83. The molecule has 1 aliphatic carbocycles. The Bertz CT molecular complexity index is 599. The van der Waals surface area contributed by atoms with Crippen LogP contribution in [0.3, 0.4) is 0 Å². The second kappa shape index (κ2) is 6.17. The maximum absolute atomic E-state index is 11.7. The summed E-state index contributed by atoms with van der Waals surface area (Å²) in [6.45, 7) is 4.04. The van der Waals surface area contributed by atoms with Crippen molar-refractivity contribution in [3.8, 4) is 5.75 Å². The van der Waals surface area contributed by atoms with E-state index in [4.69, 9.17) is 5.73 Å². The van der Waals surface area contributed by atoms with Crippen molar-refractivity contribution >= 4 is 20.2 Å². The number of rotatable bonds is 4. The van der Waals surface area contributed by atoms with Gasteiger partial charge in [-0.1, -0.05) is 19.9 Å². The topological polar surface area (TPSA) is 104 Å². The lowest BCUT2D eigenvalue weighted by molar-refractivity contribution is 0.218. The summed E-state index contributed by atoms with van der Waals surface area (Å²) in [5.41, 5.74) is 8.04. The van der Waals surface area contributed by atoms with Crippen LogP contribution in [0.4, 0.5) is 0 Å². The first kappa shape index (κ1) is 17.8. The van der Waals surface area contributed by atoms with E-state index in [1.807, 2.05) is 19.9 Å². The molecular weight excluding hydrogens is 321 g/mol. The summed E-state index contributed by atoms with van der Waals surface area (Å²) in [6, 6.07) is 4.74. The molecule has 22 heavy (non-hydrogen) atoms. The summed E-state index contributed by atoms with van der Waals surface area (Å²) in [7, 11) is -4.33. The summed E-state index contributed by atoms with van der Waals surface area (Å²) in [6.07, 6.45) is 1.93. The molecule has 0 fully saturated rings. The molecule has 0 saturated carbocycles. The number of nitrogens with two attached hydrogens (primary N) is 1. The molecule has 7 heteroatoms. The van der Waals surface area contributed by atoms with Gasteiger partial charge in [0, 0.05) is 17.4 Å². The van der Waals surface area contributed by atoms with Crippen LogP contribution in [0.1, 0.15) is 37.8 Å². The average molecular weight is 345 g/mol. The highest BCUT2D eigenvalue weighted by Gasteiger charge is 2.49. The minimum absolute atomic E-state index is 0.188. The van der Waals surface area contributed by atoms with Gasteiger partial charge >= 0.3 is 7.60 Å². The van der Waals surface area contributed by atoms with E-state index in [1.54, 1.807) is 12.1 Å². The van der Waals surface area contributed by atoms with Crippen LogP contribution in [0.2, 0.25) is 0 Å². The lowest BCUT2D eigenvalue weighted by Gasteiger charge is -2.48. The number of hydrogen-bond donors (Lipinski definition) is 5. The predicted octanol–water partition coefficient (Wildman–Crippen LogP) is 2.38. The van der Waals surface area contributed by atoms with Crippen molar-refractivity contribution in [3.05, 3.63) is 29.3 Å². The number of phenolic OH excluding ortho intramolecular Hbond substituents is 1. The molecule has 0 spiro atoms. The van der Waals surface area contributed by atoms with E-state index in [-0.39, 0.29) is 5.75 Å². The molecule has 0 radical (unpaired) electrons. The van der Waals surface area contributed by atoms with Crippen molar-refractivity contribution in [1.82, 2.24) is 0 Å². The van der Waals surface area contributed by atoms with Gasteiger partial charge in [-0.15, -0.1) is 0 Å². The van der Waals surface area contributed by atoms with E-state index in [1.165, 1.54) is 0 Å². The van der Waals surface area contributed by atoms with Gasteiger partial charge in [-0.25, -0.2) is 0 Å². The largest absolute Gasteiger partial charge is 0.508 e. The molecule has 0 aliphatic heterocycles. The zero-order valence-corrected chi connectivity index (χ0v) is 14.6. The molecule has 1 aliphatic rings. The molecule has 2 rings (SSSR count). The smallest absolute Gasteiger partial charge is 0.338 e. The number of aromatic hydroxyl groups is 1. The SMILES string of the molecule is CCC1(CC)c2cc(O)ccc2CC(C(S)P(=O)(O)O)C1N. The van der Waals surface area contributed by atoms with E-state index in [2.05, 4.69) is 12.6 Å². The van der Waals surface area contributed by atoms with Crippen LogP contribution in [0.25, 0.3) is 0 Å². The van der Waals surface area contributed by atoms with Crippen LogP contribution in [-0.4, -0.2) is 25.9 Å². The Morgan fingerprint density at radius 2 is 2.00 bits per heavy atom. The van der Waals surface area contributed by atoms with Crippen LogP contribution in [0.15, 0.2) is 18.2 Å². The van der Waals surface area contributed by atoms with Crippen molar-refractivity contribution in [2.24, 2.45) is 11.7 Å². The van der Waals surface area contributed by atoms with E-state index in [0.29, 0.717) is 6.42 Å². The van der Waals surface area contributed by atoms with E-state index < -0.39 is 30.0 Å². The summed E-state index contributed by atoms with van der Waals surface area (Å²) in [5, 5.41) is 9.82. The normalized spacial score (nSPS) is 25.5. The van der Waals surface area contributed by atoms with Gasteiger partial charge in [0.15, 0.2) is 0 Å². The highest BCUT2D eigenvalue weighted by molar-refractivity contribution is 7.89. The van der Waals surface area contributed by atoms with Crippen LogP contribution in [0.5, 0.6) is 5.75 Å². The van der Waals surface area contributed by atoms with Crippen LogP contribution in [0, 0.1) is 5.92 Å². The standard InChI is InChI=1S/C15H24NO4PS/c1-3-15(4-2)12-8-10(17)6-5-9(12)7-11(13(15)16)14(22)21(18,19)20/h5-6,8,11,13-14,17,22H,3-4,7,16H2,1-2H3,(H2,18,19,20). The fourth-order valence-corrected chi connectivity index (χ4v) is 4.90. The van der Waals surface area contributed by atoms with Gasteiger partial charge in [0.2, 0.25) is 0 Å². The first-order chi connectivity index (χ1) is 10.2. The van der Waals surface area contributed by atoms with E-state index in [0.717, 1.165) is 24.0 Å². The first-order valence-electron chi connectivity index (χ1n) is 7.48. The molecule has 0 saturated heterocycles. The molecule has 0 amide bonds. The number of thiol groups is 1.